The Morgan fingerprint density at radius 1 is 1.03 bits per heavy atom. The van der Waals surface area contributed by atoms with Crippen molar-refractivity contribution in [2.45, 2.75) is 76.8 Å². The van der Waals surface area contributed by atoms with Gasteiger partial charge in [0.05, 0.1) is 12.6 Å². The maximum atomic E-state index is 13.0. The van der Waals surface area contributed by atoms with Gasteiger partial charge in [0.2, 0.25) is 11.9 Å². The normalized spacial score (nSPS) is 12.7. The number of hydrogen-bond acceptors (Lipinski definition) is 7. The van der Waals surface area contributed by atoms with Crippen LogP contribution in [0, 0.1) is 0 Å². The van der Waals surface area contributed by atoms with Gasteiger partial charge in [-0.05, 0) is 37.0 Å². The third-order valence-corrected chi connectivity index (χ3v) is 6.32. The number of fused-ring (bicyclic) bond motifs is 1. The molecule has 2 atom stereocenters. The second kappa shape index (κ2) is 15.6. The van der Waals surface area contributed by atoms with Gasteiger partial charge in [-0.1, -0.05) is 57.2 Å². The Morgan fingerprint density at radius 2 is 1.78 bits per heavy atom. The van der Waals surface area contributed by atoms with Crippen LogP contribution in [0.4, 0.5) is 5.95 Å². The largest absolute Gasteiger partial charge is 0.464 e. The summed E-state index contributed by atoms with van der Waals surface area (Å²) in [6.45, 7) is 3.13. The van der Waals surface area contributed by atoms with Crippen LogP contribution >= 0.6 is 0 Å². The molecule has 1 amide bonds. The van der Waals surface area contributed by atoms with E-state index in [4.69, 9.17) is 10.5 Å². The lowest BCUT2D eigenvalue weighted by atomic mass is 10.0. The molecule has 2 aromatic heterocycles. The van der Waals surface area contributed by atoms with Crippen LogP contribution in [0.2, 0.25) is 0 Å². The summed E-state index contributed by atoms with van der Waals surface area (Å²) in [4.78, 5) is 37.3. The van der Waals surface area contributed by atoms with Gasteiger partial charge >= 0.3 is 5.97 Å². The second-order valence-electron chi connectivity index (χ2n) is 9.31. The maximum Gasteiger partial charge on any atom is 0.328 e. The van der Waals surface area contributed by atoms with Crippen LogP contribution in [0.3, 0.4) is 0 Å². The van der Waals surface area contributed by atoms with Crippen molar-refractivity contribution in [2.75, 3.05) is 18.5 Å². The number of hydrogen-bond donors (Lipinski definition) is 4. The lowest BCUT2D eigenvalue weighted by molar-refractivity contribution is -0.148. The Balaban J connectivity index is 1.52. The number of aromatic nitrogens is 3. The van der Waals surface area contributed by atoms with Crippen LogP contribution in [0.5, 0.6) is 0 Å². The average Bonchev–Trinajstić information content (AvgIpc) is 3.33. The molecule has 3 aromatic rings. The fourth-order valence-corrected chi connectivity index (χ4v) is 4.19. The first kappa shape index (κ1) is 28.1. The van der Waals surface area contributed by atoms with E-state index in [2.05, 4.69) is 32.5 Å². The van der Waals surface area contributed by atoms with Gasteiger partial charge in [0.1, 0.15) is 6.04 Å². The fourth-order valence-electron chi connectivity index (χ4n) is 4.19. The number of anilines is 1. The van der Waals surface area contributed by atoms with Gasteiger partial charge in [-0.15, -0.1) is 0 Å². The van der Waals surface area contributed by atoms with E-state index >= 15 is 0 Å². The van der Waals surface area contributed by atoms with E-state index in [0.29, 0.717) is 38.4 Å². The van der Waals surface area contributed by atoms with E-state index < -0.39 is 18.1 Å². The summed E-state index contributed by atoms with van der Waals surface area (Å²) in [6.07, 6.45) is 13.3. The van der Waals surface area contributed by atoms with Gasteiger partial charge < -0.3 is 26.1 Å². The Hall–Kier alpha value is -3.46. The molecule has 2 heterocycles. The van der Waals surface area contributed by atoms with Crippen molar-refractivity contribution in [1.82, 2.24) is 20.3 Å². The summed E-state index contributed by atoms with van der Waals surface area (Å²) >= 11 is 0. The molecule has 0 aliphatic carbocycles. The first-order valence-electron chi connectivity index (χ1n) is 13.4. The standard InChI is InChI=1S/C28H40N6O3/c1-2-3-4-5-6-9-18-37-27(36)25(19-21-20-33-24-14-8-7-12-22(21)24)34-26(35)23(29)13-10-15-30-28-31-16-11-17-32-28/h7-8,11-12,14,16-17,20,23,25,33H,2-6,9-10,13,15,18-19,29H2,1H3,(H,34,35)(H,30,31,32)/t23-,25-/m0/s1. The molecule has 37 heavy (non-hydrogen) atoms. The second-order valence-corrected chi connectivity index (χ2v) is 9.31. The SMILES string of the molecule is CCCCCCCCOC(=O)[C@H](Cc1c[nH]c2ccccc12)NC(=O)[C@@H](N)CCCNc1ncccn1. The van der Waals surface area contributed by atoms with Gasteiger partial charge in [0.15, 0.2) is 0 Å². The van der Waals surface area contributed by atoms with Crippen molar-refractivity contribution in [3.63, 3.8) is 0 Å². The average molecular weight is 509 g/mol. The molecule has 0 saturated heterocycles. The quantitative estimate of drug-likeness (QED) is 0.159. The van der Waals surface area contributed by atoms with Gasteiger partial charge in [-0.2, -0.15) is 0 Å². The smallest absolute Gasteiger partial charge is 0.328 e. The maximum absolute atomic E-state index is 13.0. The minimum absolute atomic E-state index is 0.324. The van der Waals surface area contributed by atoms with Crippen LogP contribution in [0.15, 0.2) is 48.9 Å². The third kappa shape index (κ3) is 9.49. The molecular formula is C28H40N6O3. The van der Waals surface area contributed by atoms with E-state index in [-0.39, 0.29) is 5.91 Å². The molecule has 3 rings (SSSR count). The van der Waals surface area contributed by atoms with Crippen LogP contribution in [-0.4, -0.2) is 52.1 Å². The molecule has 0 fully saturated rings. The number of esters is 1. The summed E-state index contributed by atoms with van der Waals surface area (Å²) in [5, 5.41) is 6.97. The zero-order valence-corrected chi connectivity index (χ0v) is 21.7. The molecule has 0 spiro atoms. The summed E-state index contributed by atoms with van der Waals surface area (Å²) < 4.78 is 5.57. The number of nitrogens with two attached hydrogens (primary N) is 1. The van der Waals surface area contributed by atoms with Crippen molar-refractivity contribution in [3.8, 4) is 0 Å². The minimum atomic E-state index is -0.811. The highest BCUT2D eigenvalue weighted by Crippen LogP contribution is 2.19. The minimum Gasteiger partial charge on any atom is -0.464 e. The van der Waals surface area contributed by atoms with E-state index in [9.17, 15) is 9.59 Å². The van der Waals surface area contributed by atoms with Gasteiger partial charge in [0, 0.05) is 42.5 Å². The monoisotopic (exact) mass is 508 g/mol. The number of amides is 1. The van der Waals surface area contributed by atoms with Crippen LogP contribution < -0.4 is 16.4 Å². The Kier molecular flexibility index (Phi) is 11.9. The van der Waals surface area contributed by atoms with Crippen molar-refractivity contribution >= 4 is 28.7 Å². The topological polar surface area (TPSA) is 135 Å². The number of benzene rings is 1. The van der Waals surface area contributed by atoms with E-state index in [1.807, 2.05) is 30.5 Å². The molecule has 9 nitrogen and oxygen atoms in total. The van der Waals surface area contributed by atoms with E-state index in [0.717, 1.165) is 35.7 Å². The summed E-state index contributed by atoms with van der Waals surface area (Å²) in [5.41, 5.74) is 8.08. The number of para-hydroxylation sites is 1. The number of nitrogens with zero attached hydrogens (tertiary/aromatic N) is 2. The number of unbranched alkanes of at least 4 members (excludes halogenated alkanes) is 5. The van der Waals surface area contributed by atoms with Crippen molar-refractivity contribution < 1.29 is 14.3 Å². The molecule has 9 heteroatoms. The lowest BCUT2D eigenvalue weighted by Gasteiger charge is -2.20. The van der Waals surface area contributed by atoms with E-state index in [1.54, 1.807) is 18.5 Å². The van der Waals surface area contributed by atoms with Gasteiger partial charge in [-0.3, -0.25) is 4.79 Å². The number of carbonyl (C=O) groups is 2. The van der Waals surface area contributed by atoms with Crippen LogP contribution in [0.25, 0.3) is 10.9 Å². The summed E-state index contributed by atoms with van der Waals surface area (Å²) in [6, 6.07) is 8.08. The number of ether oxygens (including phenoxy) is 1. The predicted octanol–water partition coefficient (Wildman–Crippen LogP) is 4.11. The molecular weight excluding hydrogens is 468 g/mol. The molecule has 5 N–H and O–H groups in total. The molecule has 0 aliphatic heterocycles. The molecule has 0 unspecified atom stereocenters. The first-order valence-corrected chi connectivity index (χ1v) is 13.4. The van der Waals surface area contributed by atoms with Crippen molar-refractivity contribution in [3.05, 3.63) is 54.5 Å². The van der Waals surface area contributed by atoms with Crippen LogP contribution in [-0.2, 0) is 20.7 Å². The molecule has 0 saturated carbocycles. The number of carbonyl (C=O) groups excluding carboxylic acids is 2. The van der Waals surface area contributed by atoms with E-state index in [1.165, 1.54) is 19.3 Å². The molecule has 0 aliphatic rings. The highest BCUT2D eigenvalue weighted by atomic mass is 16.5. The first-order chi connectivity index (χ1) is 18.1. The zero-order valence-electron chi connectivity index (χ0n) is 21.7. The molecule has 200 valence electrons. The van der Waals surface area contributed by atoms with Crippen LogP contribution in [0.1, 0.15) is 63.9 Å². The molecule has 1 aromatic carbocycles. The molecule has 0 bridgehead atoms. The summed E-state index contributed by atoms with van der Waals surface area (Å²) in [5.74, 6) is -0.257. The predicted molar refractivity (Wildman–Crippen MR) is 146 cm³/mol. The number of nitrogens with one attached hydrogen (secondary N) is 3. The Bertz CT molecular complexity index is 1090. The Morgan fingerprint density at radius 3 is 2.59 bits per heavy atom. The summed E-state index contributed by atoms with van der Waals surface area (Å²) in [7, 11) is 0. The zero-order chi connectivity index (χ0) is 26.3. The van der Waals surface area contributed by atoms with Gasteiger partial charge in [0.25, 0.3) is 0 Å². The number of H-pyrrole nitrogens is 1. The number of aromatic amines is 1. The van der Waals surface area contributed by atoms with Crippen molar-refractivity contribution in [2.24, 2.45) is 5.73 Å². The third-order valence-electron chi connectivity index (χ3n) is 6.32. The van der Waals surface area contributed by atoms with Gasteiger partial charge in [-0.25, -0.2) is 14.8 Å². The lowest BCUT2D eigenvalue weighted by Crippen LogP contribution is -2.50. The highest BCUT2D eigenvalue weighted by Gasteiger charge is 2.26. The number of rotatable bonds is 17. The molecule has 0 radical (unpaired) electrons. The highest BCUT2D eigenvalue weighted by molar-refractivity contribution is 5.89. The Labute approximate surface area is 219 Å². The van der Waals surface area contributed by atoms with Crippen molar-refractivity contribution in [1.29, 1.82) is 0 Å². The fraction of sp³-hybridized carbons (Fsp3) is 0.500.